The Balaban J connectivity index is 1.63. The molecule has 0 radical (unpaired) electrons. The number of nitrogens with zero attached hydrogens (tertiary/aromatic N) is 3. The van der Waals surface area contributed by atoms with Crippen molar-refractivity contribution in [1.29, 1.82) is 0 Å². The number of carbonyl (C=O) groups excluding carboxylic acids is 1. The number of alkyl halides is 3. The molecule has 4 nitrogen and oxygen atoms in total. The molecular weight excluding hydrogens is 387 g/mol. The topological polar surface area (TPSA) is 38.1 Å². The van der Waals surface area contributed by atoms with Crippen molar-refractivity contribution in [3.8, 4) is 5.69 Å². The molecule has 0 N–H and O–H groups in total. The summed E-state index contributed by atoms with van der Waals surface area (Å²) in [5.74, 6) is -0.133. The Labute approximate surface area is 164 Å². The van der Waals surface area contributed by atoms with Gasteiger partial charge in [0.1, 0.15) is 0 Å². The Morgan fingerprint density at radius 3 is 2.71 bits per heavy atom. The first-order valence-electron chi connectivity index (χ1n) is 8.90. The van der Waals surface area contributed by atoms with Gasteiger partial charge in [0.15, 0.2) is 0 Å². The van der Waals surface area contributed by atoms with Gasteiger partial charge in [-0.1, -0.05) is 12.1 Å². The highest BCUT2D eigenvalue weighted by atomic mass is 32.1. The Kier molecular flexibility index (Phi) is 4.74. The molecular formula is C20H18F3N3OS. The van der Waals surface area contributed by atoms with Crippen LogP contribution in [0, 0.1) is 6.92 Å². The van der Waals surface area contributed by atoms with Crippen LogP contribution in [0.2, 0.25) is 0 Å². The van der Waals surface area contributed by atoms with Gasteiger partial charge >= 0.3 is 6.18 Å². The minimum Gasteiger partial charge on any atom is -0.330 e. The molecule has 0 saturated heterocycles. The average molecular weight is 405 g/mol. The Morgan fingerprint density at radius 1 is 1.29 bits per heavy atom. The summed E-state index contributed by atoms with van der Waals surface area (Å²) in [7, 11) is 0. The first-order valence-corrected chi connectivity index (χ1v) is 9.78. The third-order valence-electron chi connectivity index (χ3n) is 4.81. The van der Waals surface area contributed by atoms with Crippen molar-refractivity contribution in [3.63, 3.8) is 0 Å². The molecule has 146 valence electrons. The van der Waals surface area contributed by atoms with Gasteiger partial charge in [0.25, 0.3) is 5.91 Å². The zero-order chi connectivity index (χ0) is 19.9. The lowest BCUT2D eigenvalue weighted by Gasteiger charge is -2.21. The van der Waals surface area contributed by atoms with Crippen LogP contribution in [0.25, 0.3) is 5.69 Å². The van der Waals surface area contributed by atoms with Crippen LogP contribution >= 0.6 is 11.3 Å². The van der Waals surface area contributed by atoms with E-state index in [1.807, 2.05) is 22.4 Å². The fourth-order valence-electron chi connectivity index (χ4n) is 3.17. The van der Waals surface area contributed by atoms with Crippen molar-refractivity contribution in [1.82, 2.24) is 14.7 Å². The van der Waals surface area contributed by atoms with Gasteiger partial charge in [-0.05, 0) is 49.4 Å². The zero-order valence-electron chi connectivity index (χ0n) is 15.1. The Bertz CT molecular complexity index is 991. The monoisotopic (exact) mass is 405 g/mol. The standard InChI is InChI=1S/C20H18F3N3OS/c1-13-18(19(27)25(15-7-8-15)12-17-6-3-9-28-17)11-24-26(13)16-5-2-4-14(10-16)20(21,22)23/h2-6,9-11,15H,7-8,12H2,1H3. The van der Waals surface area contributed by atoms with E-state index in [2.05, 4.69) is 5.10 Å². The first kappa shape index (κ1) is 18.7. The fourth-order valence-corrected chi connectivity index (χ4v) is 3.87. The summed E-state index contributed by atoms with van der Waals surface area (Å²) in [5, 5.41) is 6.17. The van der Waals surface area contributed by atoms with Gasteiger partial charge < -0.3 is 4.90 Å². The molecule has 1 aliphatic rings. The van der Waals surface area contributed by atoms with Crippen LogP contribution in [0.1, 0.15) is 39.3 Å². The second-order valence-electron chi connectivity index (χ2n) is 6.85. The highest BCUT2D eigenvalue weighted by Crippen LogP contribution is 2.32. The van der Waals surface area contributed by atoms with Crippen molar-refractivity contribution in [2.75, 3.05) is 0 Å². The predicted octanol–water partition coefficient (Wildman–Crippen LogP) is 5.07. The first-order chi connectivity index (χ1) is 13.3. The maximum Gasteiger partial charge on any atom is 0.416 e. The second kappa shape index (κ2) is 7.09. The molecule has 1 amide bonds. The average Bonchev–Trinajstić information content (AvgIpc) is 3.22. The maximum absolute atomic E-state index is 13.1. The molecule has 4 rings (SSSR count). The van der Waals surface area contributed by atoms with Crippen LogP contribution in [0.15, 0.2) is 48.0 Å². The number of halogens is 3. The van der Waals surface area contributed by atoms with Crippen molar-refractivity contribution < 1.29 is 18.0 Å². The van der Waals surface area contributed by atoms with Crippen LogP contribution in [-0.2, 0) is 12.7 Å². The molecule has 0 bridgehead atoms. The lowest BCUT2D eigenvalue weighted by atomic mass is 10.2. The van der Waals surface area contributed by atoms with Gasteiger partial charge in [0.05, 0.1) is 35.2 Å². The number of amides is 1. The molecule has 1 saturated carbocycles. The molecule has 2 aromatic heterocycles. The molecule has 28 heavy (non-hydrogen) atoms. The summed E-state index contributed by atoms with van der Waals surface area (Å²) in [5.41, 5.74) is 0.481. The maximum atomic E-state index is 13.1. The molecule has 1 aromatic carbocycles. The van der Waals surface area contributed by atoms with Gasteiger partial charge in [0, 0.05) is 10.9 Å². The lowest BCUT2D eigenvalue weighted by Crippen LogP contribution is -2.32. The Hall–Kier alpha value is -2.61. The van der Waals surface area contributed by atoms with Gasteiger partial charge in [-0.2, -0.15) is 18.3 Å². The van der Waals surface area contributed by atoms with Gasteiger partial charge in [-0.25, -0.2) is 4.68 Å². The molecule has 1 fully saturated rings. The summed E-state index contributed by atoms with van der Waals surface area (Å²) in [6.07, 6.45) is -1.04. The van der Waals surface area contributed by atoms with E-state index < -0.39 is 11.7 Å². The number of hydrogen-bond donors (Lipinski definition) is 0. The summed E-state index contributed by atoms with van der Waals surface area (Å²) < 4.78 is 40.4. The van der Waals surface area contributed by atoms with E-state index in [1.165, 1.54) is 16.9 Å². The molecule has 0 unspecified atom stereocenters. The van der Waals surface area contributed by atoms with Crippen molar-refractivity contribution in [2.45, 2.75) is 38.5 Å². The molecule has 3 aromatic rings. The van der Waals surface area contributed by atoms with Crippen LogP contribution in [0.3, 0.4) is 0 Å². The van der Waals surface area contributed by atoms with E-state index in [0.717, 1.165) is 29.9 Å². The summed E-state index contributed by atoms with van der Waals surface area (Å²) >= 11 is 1.60. The zero-order valence-corrected chi connectivity index (χ0v) is 15.9. The van der Waals surface area contributed by atoms with Crippen LogP contribution in [0.5, 0.6) is 0 Å². The molecule has 8 heteroatoms. The summed E-state index contributed by atoms with van der Waals surface area (Å²) in [6.45, 7) is 2.24. The van der Waals surface area contributed by atoms with E-state index in [4.69, 9.17) is 0 Å². The number of carbonyl (C=O) groups is 1. The largest absolute Gasteiger partial charge is 0.416 e. The van der Waals surface area contributed by atoms with E-state index in [1.54, 1.807) is 24.3 Å². The molecule has 0 spiro atoms. The van der Waals surface area contributed by atoms with Crippen molar-refractivity contribution in [3.05, 3.63) is 69.7 Å². The van der Waals surface area contributed by atoms with Crippen LogP contribution in [-0.4, -0.2) is 26.6 Å². The molecule has 1 aliphatic carbocycles. The summed E-state index contributed by atoms with van der Waals surface area (Å²) in [6, 6.07) is 9.11. The minimum atomic E-state index is -4.43. The van der Waals surface area contributed by atoms with Crippen LogP contribution < -0.4 is 0 Å². The van der Waals surface area contributed by atoms with Gasteiger partial charge in [0.2, 0.25) is 0 Å². The van der Waals surface area contributed by atoms with Crippen LogP contribution in [0.4, 0.5) is 13.2 Å². The van der Waals surface area contributed by atoms with Gasteiger partial charge in [-0.3, -0.25) is 4.79 Å². The Morgan fingerprint density at radius 2 is 2.07 bits per heavy atom. The molecule has 2 heterocycles. The second-order valence-corrected chi connectivity index (χ2v) is 7.88. The van der Waals surface area contributed by atoms with E-state index in [9.17, 15) is 18.0 Å². The number of hydrogen-bond acceptors (Lipinski definition) is 3. The smallest absolute Gasteiger partial charge is 0.330 e. The molecule has 0 atom stereocenters. The SMILES string of the molecule is Cc1c(C(=O)N(Cc2cccs2)C2CC2)cnn1-c1cccc(C(F)(F)F)c1. The van der Waals surface area contributed by atoms with Gasteiger partial charge in [-0.15, -0.1) is 11.3 Å². The number of benzene rings is 1. The lowest BCUT2D eigenvalue weighted by molar-refractivity contribution is -0.137. The molecule has 0 aliphatic heterocycles. The number of thiophene rings is 1. The van der Waals surface area contributed by atoms with Crippen molar-refractivity contribution in [2.24, 2.45) is 0 Å². The quantitative estimate of drug-likeness (QED) is 0.595. The summed E-state index contributed by atoms with van der Waals surface area (Å²) in [4.78, 5) is 16.1. The fraction of sp³-hybridized carbons (Fsp3) is 0.300. The number of rotatable bonds is 5. The predicted molar refractivity (Wildman–Crippen MR) is 101 cm³/mol. The third-order valence-corrected chi connectivity index (χ3v) is 5.67. The van der Waals surface area contributed by atoms with E-state index >= 15 is 0 Å². The number of aromatic nitrogens is 2. The van der Waals surface area contributed by atoms with E-state index in [-0.39, 0.29) is 17.6 Å². The van der Waals surface area contributed by atoms with E-state index in [0.29, 0.717) is 17.8 Å². The highest BCUT2D eigenvalue weighted by Gasteiger charge is 2.35. The normalized spacial score (nSPS) is 14.3. The van der Waals surface area contributed by atoms with Crippen molar-refractivity contribution >= 4 is 17.2 Å². The third kappa shape index (κ3) is 3.69. The highest BCUT2D eigenvalue weighted by molar-refractivity contribution is 7.09. The minimum absolute atomic E-state index is 0.133.